The number of piperidine rings is 1. The van der Waals surface area contributed by atoms with Crippen LogP contribution < -0.4 is 14.2 Å². The molecule has 29 heavy (non-hydrogen) atoms. The highest BCUT2D eigenvalue weighted by atomic mass is 16.6. The first kappa shape index (κ1) is 18.7. The number of ether oxygens (including phenoxy) is 3. The van der Waals surface area contributed by atoms with Gasteiger partial charge in [-0.15, -0.1) is 0 Å². The Labute approximate surface area is 171 Å². The normalized spacial score (nSPS) is 30.9. The number of benzene rings is 1. The Morgan fingerprint density at radius 3 is 2.72 bits per heavy atom. The molecule has 6 heteroatoms. The van der Waals surface area contributed by atoms with Crippen LogP contribution in [0.25, 0.3) is 0 Å². The van der Waals surface area contributed by atoms with E-state index in [2.05, 4.69) is 9.88 Å². The molecule has 1 unspecified atom stereocenters. The van der Waals surface area contributed by atoms with Gasteiger partial charge in [0.1, 0.15) is 18.3 Å². The minimum absolute atomic E-state index is 0.0479. The van der Waals surface area contributed by atoms with Gasteiger partial charge in [0.2, 0.25) is 5.75 Å². The summed E-state index contributed by atoms with van der Waals surface area (Å²) in [7, 11) is 0. The number of aromatic nitrogens is 1. The van der Waals surface area contributed by atoms with Crippen molar-refractivity contribution in [2.45, 2.75) is 56.4 Å². The fraction of sp³-hybridized carbons (Fsp3) is 0.522. The van der Waals surface area contributed by atoms with Crippen molar-refractivity contribution in [3.05, 3.63) is 48.3 Å². The van der Waals surface area contributed by atoms with E-state index < -0.39 is 5.60 Å². The van der Waals surface area contributed by atoms with E-state index in [4.69, 9.17) is 14.2 Å². The molecule has 6 nitrogen and oxygen atoms in total. The summed E-state index contributed by atoms with van der Waals surface area (Å²) in [5, 5.41) is 11.3. The van der Waals surface area contributed by atoms with Gasteiger partial charge >= 0.3 is 0 Å². The summed E-state index contributed by atoms with van der Waals surface area (Å²) < 4.78 is 18.0. The van der Waals surface area contributed by atoms with Crippen molar-refractivity contribution in [1.82, 2.24) is 9.88 Å². The molecule has 4 heterocycles. The average Bonchev–Trinajstić information content (AvgIpc) is 2.99. The molecule has 2 saturated heterocycles. The Kier molecular flexibility index (Phi) is 4.84. The molecule has 4 atom stereocenters. The van der Waals surface area contributed by atoms with E-state index in [0.717, 1.165) is 49.4 Å². The maximum absolute atomic E-state index is 11.3. The predicted octanol–water partition coefficient (Wildman–Crippen LogP) is 3.13. The van der Waals surface area contributed by atoms with Crippen LogP contribution in [0.2, 0.25) is 0 Å². The van der Waals surface area contributed by atoms with Crippen molar-refractivity contribution < 1.29 is 19.3 Å². The second kappa shape index (κ2) is 7.50. The second-order valence-electron chi connectivity index (χ2n) is 8.30. The number of hydrogen-bond donors (Lipinski definition) is 1. The van der Waals surface area contributed by atoms with Crippen LogP contribution in [0.3, 0.4) is 0 Å². The minimum atomic E-state index is -0.831. The van der Waals surface area contributed by atoms with Crippen LogP contribution in [0.4, 0.5) is 0 Å². The molecule has 0 amide bonds. The standard InChI is InChI=1S/C23H28N2O4/c1-2-27-19-6-5-7-20-22(19)29-18(15-28-20)14-25-16-9-10-17(25)13-23(26,12-16)21-8-3-4-11-24-21/h3-8,11,16-18,26H,2,9-10,12-15H2,1H3/t16-,17+,18-,23?/m0/s1. The molecule has 0 spiro atoms. The lowest BCUT2D eigenvalue weighted by atomic mass is 9.83. The van der Waals surface area contributed by atoms with Crippen LogP contribution in [0.5, 0.6) is 17.2 Å². The summed E-state index contributed by atoms with van der Waals surface area (Å²) in [5.41, 5.74) is -0.0357. The average molecular weight is 396 g/mol. The topological polar surface area (TPSA) is 64.1 Å². The van der Waals surface area contributed by atoms with E-state index >= 15 is 0 Å². The van der Waals surface area contributed by atoms with Crippen molar-refractivity contribution >= 4 is 0 Å². The van der Waals surface area contributed by atoms with E-state index in [-0.39, 0.29) is 6.10 Å². The first-order valence-corrected chi connectivity index (χ1v) is 10.6. The van der Waals surface area contributed by atoms with E-state index in [9.17, 15) is 5.11 Å². The molecule has 3 aliphatic heterocycles. The zero-order valence-corrected chi connectivity index (χ0v) is 16.8. The molecular weight excluding hydrogens is 368 g/mol. The van der Waals surface area contributed by atoms with Gasteiger partial charge in [0.25, 0.3) is 0 Å². The van der Waals surface area contributed by atoms with E-state index in [0.29, 0.717) is 31.0 Å². The lowest BCUT2D eigenvalue weighted by molar-refractivity contribution is -0.0713. The van der Waals surface area contributed by atoms with Gasteiger partial charge in [0, 0.05) is 24.8 Å². The number of fused-ring (bicyclic) bond motifs is 3. The molecule has 1 N–H and O–H groups in total. The molecule has 1 aromatic carbocycles. The molecule has 154 valence electrons. The van der Waals surface area contributed by atoms with Crippen molar-refractivity contribution in [3.63, 3.8) is 0 Å². The Bertz CT molecular complexity index is 845. The largest absolute Gasteiger partial charge is 0.490 e. The number of hydrogen-bond acceptors (Lipinski definition) is 6. The van der Waals surface area contributed by atoms with Crippen LogP contribution in [0, 0.1) is 0 Å². The lowest BCUT2D eigenvalue weighted by Crippen LogP contribution is -2.53. The SMILES string of the molecule is CCOc1cccc2c1O[C@@H](CN1[C@@H]3CC[C@H]1CC(O)(c1ccccn1)C3)CO2. The number of para-hydroxylation sites is 1. The fourth-order valence-electron chi connectivity index (χ4n) is 5.16. The Morgan fingerprint density at radius 1 is 1.17 bits per heavy atom. The third kappa shape index (κ3) is 3.45. The lowest BCUT2D eigenvalue weighted by Gasteiger charge is -2.44. The summed E-state index contributed by atoms with van der Waals surface area (Å²) in [5.74, 6) is 2.19. The minimum Gasteiger partial charge on any atom is -0.490 e. The van der Waals surface area contributed by atoms with Crippen LogP contribution in [-0.2, 0) is 5.60 Å². The van der Waals surface area contributed by atoms with E-state index in [1.54, 1.807) is 6.20 Å². The van der Waals surface area contributed by atoms with Crippen molar-refractivity contribution in [2.75, 3.05) is 19.8 Å². The third-order valence-corrected chi connectivity index (χ3v) is 6.43. The fourth-order valence-corrected chi connectivity index (χ4v) is 5.16. The van der Waals surface area contributed by atoms with Crippen LogP contribution in [0.15, 0.2) is 42.6 Å². The highest BCUT2D eigenvalue weighted by Crippen LogP contribution is 2.46. The molecule has 2 aromatic rings. The maximum atomic E-state index is 11.3. The van der Waals surface area contributed by atoms with Gasteiger partial charge in [-0.2, -0.15) is 0 Å². The highest BCUT2D eigenvalue weighted by molar-refractivity contribution is 5.52. The molecule has 1 aromatic heterocycles. The van der Waals surface area contributed by atoms with Gasteiger partial charge in [-0.05, 0) is 56.9 Å². The van der Waals surface area contributed by atoms with E-state index in [1.807, 2.05) is 43.3 Å². The molecule has 3 aliphatic rings. The summed E-state index contributed by atoms with van der Waals surface area (Å²) >= 11 is 0. The highest BCUT2D eigenvalue weighted by Gasteiger charge is 2.49. The van der Waals surface area contributed by atoms with E-state index in [1.165, 1.54) is 0 Å². The summed E-state index contributed by atoms with van der Waals surface area (Å²) in [6.45, 7) is 3.89. The zero-order chi connectivity index (χ0) is 19.8. The van der Waals surface area contributed by atoms with Gasteiger partial charge in [0.15, 0.2) is 11.5 Å². The van der Waals surface area contributed by atoms with Crippen LogP contribution in [-0.4, -0.2) is 52.9 Å². The van der Waals surface area contributed by atoms with Gasteiger partial charge in [0.05, 0.1) is 12.3 Å². The zero-order valence-electron chi connectivity index (χ0n) is 16.8. The molecule has 0 aliphatic carbocycles. The molecule has 2 fully saturated rings. The summed E-state index contributed by atoms with van der Waals surface area (Å²) in [4.78, 5) is 6.95. The summed E-state index contributed by atoms with van der Waals surface area (Å²) in [6, 6.07) is 12.2. The maximum Gasteiger partial charge on any atom is 0.204 e. The van der Waals surface area contributed by atoms with Crippen LogP contribution >= 0.6 is 0 Å². The molecule has 5 rings (SSSR count). The molecule has 0 saturated carbocycles. The Hall–Kier alpha value is -2.31. The predicted molar refractivity (Wildman–Crippen MR) is 108 cm³/mol. The smallest absolute Gasteiger partial charge is 0.204 e. The molecular formula is C23H28N2O4. The molecule has 2 bridgehead atoms. The number of rotatable bonds is 5. The molecule has 0 radical (unpaired) electrons. The van der Waals surface area contributed by atoms with Gasteiger partial charge in [-0.3, -0.25) is 9.88 Å². The first-order chi connectivity index (χ1) is 14.2. The Balaban J connectivity index is 1.29. The van der Waals surface area contributed by atoms with Crippen molar-refractivity contribution in [1.29, 1.82) is 0 Å². The van der Waals surface area contributed by atoms with Crippen molar-refractivity contribution in [3.8, 4) is 17.2 Å². The first-order valence-electron chi connectivity index (χ1n) is 10.6. The second-order valence-corrected chi connectivity index (χ2v) is 8.30. The number of pyridine rings is 1. The quantitative estimate of drug-likeness (QED) is 0.838. The number of nitrogens with zero attached hydrogens (tertiary/aromatic N) is 2. The van der Waals surface area contributed by atoms with Gasteiger partial charge in [-0.1, -0.05) is 12.1 Å². The Morgan fingerprint density at radius 2 is 2.00 bits per heavy atom. The number of aliphatic hydroxyl groups is 1. The monoisotopic (exact) mass is 396 g/mol. The van der Waals surface area contributed by atoms with Crippen LogP contribution in [0.1, 0.15) is 38.3 Å². The summed E-state index contributed by atoms with van der Waals surface area (Å²) in [6.07, 6.45) is 5.36. The third-order valence-electron chi connectivity index (χ3n) is 6.43. The van der Waals surface area contributed by atoms with Crippen molar-refractivity contribution in [2.24, 2.45) is 0 Å². The van der Waals surface area contributed by atoms with Gasteiger partial charge < -0.3 is 19.3 Å². The van der Waals surface area contributed by atoms with Gasteiger partial charge in [-0.25, -0.2) is 0 Å².